The smallest absolute Gasteiger partial charge is 0.303 e. The molecule has 5 heterocycles. The van der Waals surface area contributed by atoms with Gasteiger partial charge in [0.2, 0.25) is 0 Å². The number of H-pyrrole nitrogens is 1. The Morgan fingerprint density at radius 1 is 0.909 bits per heavy atom. The first-order valence-corrected chi connectivity index (χ1v) is 10.4. The maximum absolute atomic E-state index is 10.9. The number of nitrogens with zero attached hydrogens (tertiary/aromatic N) is 3. The molecule has 0 amide bonds. The Hall–Kier alpha value is -4.30. The first-order chi connectivity index (χ1) is 16.4. The van der Waals surface area contributed by atoms with Gasteiger partial charge in [-0.05, 0) is 73.2 Å². The summed E-state index contributed by atoms with van der Waals surface area (Å²) in [6.45, 7) is 0. The number of allylic oxidation sites excluding steroid dienone is 8. The molecule has 0 aromatic carbocycles. The summed E-state index contributed by atoms with van der Waals surface area (Å²) in [5.41, 5.74) is 10.7. The molecule has 4 aliphatic rings. The van der Waals surface area contributed by atoms with Crippen molar-refractivity contribution in [3.8, 4) is 0 Å². The molecule has 0 aliphatic carbocycles. The normalized spacial score (nSPS) is 20.2. The number of fused-ring (bicyclic) bond motifs is 5. The summed E-state index contributed by atoms with van der Waals surface area (Å²) >= 11 is 0. The SMILES string of the molecule is [2H]c1c2[nH]c(c1=C(O)[C@@H](N)CCC(=O)O)=CC1=NC(=CC3=NC(=CC4=NC(=C2)C=C4)C=C3)C=C1. The number of aliphatic hydroxyl groups excluding tert-OH is 1. The number of aliphatic imine (C=N–C) groups is 3. The van der Waals surface area contributed by atoms with Crippen LogP contribution < -0.4 is 16.3 Å². The van der Waals surface area contributed by atoms with E-state index in [1.54, 1.807) is 12.2 Å². The average Bonchev–Trinajstić information content (AvgIpc) is 3.57. The van der Waals surface area contributed by atoms with Gasteiger partial charge in [-0.2, -0.15) is 0 Å². The number of nitrogens with two attached hydrogens (primary N) is 1. The highest BCUT2D eigenvalue weighted by atomic mass is 16.4. The molecule has 1 atom stereocenters. The minimum Gasteiger partial charge on any atom is -0.510 e. The molecular weight excluding hydrogens is 418 g/mol. The Labute approximate surface area is 190 Å². The summed E-state index contributed by atoms with van der Waals surface area (Å²) in [5.74, 6) is -1.25. The van der Waals surface area contributed by atoms with Crippen LogP contribution in [0.25, 0.3) is 17.9 Å². The highest BCUT2D eigenvalue weighted by molar-refractivity contribution is 6.20. The van der Waals surface area contributed by atoms with Crippen molar-refractivity contribution in [3.05, 3.63) is 88.0 Å². The van der Waals surface area contributed by atoms with Crippen molar-refractivity contribution in [1.29, 1.82) is 0 Å². The third-order valence-electron chi connectivity index (χ3n) is 5.30. The molecule has 0 spiro atoms. The van der Waals surface area contributed by atoms with Crippen molar-refractivity contribution in [1.82, 2.24) is 4.98 Å². The van der Waals surface area contributed by atoms with Crippen LogP contribution in [0.2, 0.25) is 0 Å². The van der Waals surface area contributed by atoms with E-state index < -0.39 is 12.0 Å². The van der Waals surface area contributed by atoms with Crippen LogP contribution in [0.5, 0.6) is 0 Å². The van der Waals surface area contributed by atoms with Crippen molar-refractivity contribution >= 4 is 41.0 Å². The Kier molecular flexibility index (Phi) is 4.89. The fraction of sp³-hybridized carbons (Fsp3) is 0.120. The minimum absolute atomic E-state index is 0.0348. The molecule has 33 heavy (non-hydrogen) atoms. The molecule has 5 rings (SSSR count). The van der Waals surface area contributed by atoms with Gasteiger partial charge in [0.1, 0.15) is 5.76 Å². The molecule has 8 bridgehead atoms. The lowest BCUT2D eigenvalue weighted by Gasteiger charge is -2.08. The van der Waals surface area contributed by atoms with Crippen molar-refractivity contribution < 1.29 is 16.4 Å². The molecular formula is C25H21N5O3. The zero-order valence-electron chi connectivity index (χ0n) is 18.5. The Bertz CT molecular complexity index is 1510. The second-order valence-electron chi connectivity index (χ2n) is 7.84. The van der Waals surface area contributed by atoms with Gasteiger partial charge in [-0.25, -0.2) is 15.0 Å². The lowest BCUT2D eigenvalue weighted by Crippen LogP contribution is -2.34. The Balaban J connectivity index is 1.71. The number of carboxylic acid groups (broad SMARTS) is 1. The maximum atomic E-state index is 10.9. The first-order valence-electron chi connectivity index (χ1n) is 10.9. The zero-order chi connectivity index (χ0) is 23.8. The molecule has 0 saturated heterocycles. The van der Waals surface area contributed by atoms with E-state index in [1.807, 2.05) is 48.6 Å². The van der Waals surface area contributed by atoms with Gasteiger partial charge >= 0.3 is 5.97 Å². The number of carboxylic acids is 1. The average molecular weight is 440 g/mol. The molecule has 0 fully saturated rings. The zero-order valence-corrected chi connectivity index (χ0v) is 17.5. The van der Waals surface area contributed by atoms with E-state index in [0.717, 1.165) is 17.1 Å². The maximum Gasteiger partial charge on any atom is 0.303 e. The molecule has 0 unspecified atom stereocenters. The largest absolute Gasteiger partial charge is 0.510 e. The monoisotopic (exact) mass is 440 g/mol. The summed E-state index contributed by atoms with van der Waals surface area (Å²) in [4.78, 5) is 27.8. The highest BCUT2D eigenvalue weighted by Gasteiger charge is 2.14. The van der Waals surface area contributed by atoms with E-state index in [1.165, 1.54) is 0 Å². The molecule has 0 radical (unpaired) electrons. The van der Waals surface area contributed by atoms with E-state index >= 15 is 0 Å². The second kappa shape index (κ2) is 8.33. The van der Waals surface area contributed by atoms with Crippen molar-refractivity contribution in [2.45, 2.75) is 18.9 Å². The lowest BCUT2D eigenvalue weighted by atomic mass is 10.1. The van der Waals surface area contributed by atoms with E-state index in [4.69, 9.17) is 12.2 Å². The number of aromatic amines is 1. The minimum atomic E-state index is -1.01. The fourth-order valence-corrected chi connectivity index (χ4v) is 3.69. The molecule has 0 saturated carbocycles. The van der Waals surface area contributed by atoms with Crippen LogP contribution in [0.1, 0.15) is 19.9 Å². The van der Waals surface area contributed by atoms with Crippen LogP contribution in [0.4, 0.5) is 0 Å². The van der Waals surface area contributed by atoms with E-state index in [9.17, 15) is 9.90 Å². The van der Waals surface area contributed by atoms with Gasteiger partial charge in [-0.15, -0.1) is 0 Å². The van der Waals surface area contributed by atoms with Crippen LogP contribution in [0.15, 0.2) is 86.7 Å². The number of nitrogens with one attached hydrogen (secondary N) is 1. The third kappa shape index (κ3) is 4.51. The quantitative estimate of drug-likeness (QED) is 0.567. The molecule has 4 aliphatic heterocycles. The summed E-state index contributed by atoms with van der Waals surface area (Å²) in [6, 6.07) is -0.898. The molecule has 1 aromatic heterocycles. The summed E-state index contributed by atoms with van der Waals surface area (Å²) in [6.07, 6.45) is 18.2. The second-order valence-corrected chi connectivity index (χ2v) is 7.84. The van der Waals surface area contributed by atoms with E-state index in [-0.39, 0.29) is 29.9 Å². The van der Waals surface area contributed by atoms with Gasteiger partial charge in [-0.1, -0.05) is 0 Å². The van der Waals surface area contributed by atoms with Gasteiger partial charge in [0.15, 0.2) is 0 Å². The highest BCUT2D eigenvalue weighted by Crippen LogP contribution is 2.18. The third-order valence-corrected chi connectivity index (χ3v) is 5.30. The molecule has 164 valence electrons. The fourth-order valence-electron chi connectivity index (χ4n) is 3.69. The Morgan fingerprint density at radius 3 is 2.03 bits per heavy atom. The van der Waals surface area contributed by atoms with Crippen LogP contribution in [-0.4, -0.2) is 44.3 Å². The summed E-state index contributed by atoms with van der Waals surface area (Å²) < 4.78 is 8.70. The molecule has 8 heteroatoms. The molecule has 8 nitrogen and oxygen atoms in total. The predicted molar refractivity (Wildman–Crippen MR) is 129 cm³/mol. The van der Waals surface area contributed by atoms with Gasteiger partial charge in [0, 0.05) is 17.3 Å². The predicted octanol–water partition coefficient (Wildman–Crippen LogP) is 1.81. The number of rotatable bonds is 4. The van der Waals surface area contributed by atoms with Gasteiger partial charge in [-0.3, -0.25) is 4.79 Å². The van der Waals surface area contributed by atoms with Gasteiger partial charge in [0.05, 0.1) is 47.0 Å². The number of carbonyl (C=O) groups is 1. The van der Waals surface area contributed by atoms with E-state index in [0.29, 0.717) is 28.1 Å². The number of aliphatic hydroxyl groups is 1. The summed E-state index contributed by atoms with van der Waals surface area (Å²) in [7, 11) is 0. The Morgan fingerprint density at radius 2 is 1.45 bits per heavy atom. The van der Waals surface area contributed by atoms with Crippen molar-refractivity contribution in [2.24, 2.45) is 20.7 Å². The number of aliphatic carboxylic acids is 1. The van der Waals surface area contributed by atoms with E-state index in [2.05, 4.69) is 20.0 Å². The van der Waals surface area contributed by atoms with Crippen LogP contribution >= 0.6 is 0 Å². The van der Waals surface area contributed by atoms with Crippen molar-refractivity contribution in [3.63, 3.8) is 0 Å². The standard InChI is InChI=1S/C25H21N5O3/c26-22(7-8-24(31)32)25(33)21-12-20-11-18-4-3-16(28-18)9-14-1-2-15(27-14)10-17-5-6-19(29-17)13-23(21)30-20/h1-6,9-13,22,30,33H,7-8,26H2,(H,31,32)/t22-/m0/s1/i12D. The van der Waals surface area contributed by atoms with Crippen LogP contribution in [-0.2, 0) is 4.79 Å². The van der Waals surface area contributed by atoms with Gasteiger partial charge in [0.25, 0.3) is 0 Å². The molecule has 1 aromatic rings. The topological polar surface area (TPSA) is 136 Å². The van der Waals surface area contributed by atoms with Gasteiger partial charge < -0.3 is 20.9 Å². The van der Waals surface area contributed by atoms with Crippen molar-refractivity contribution in [2.75, 3.05) is 0 Å². The first kappa shape index (κ1) is 19.4. The number of hydrogen-bond donors (Lipinski definition) is 4. The number of hydrogen-bond acceptors (Lipinski definition) is 6. The van der Waals surface area contributed by atoms with Crippen LogP contribution in [0, 0.1) is 0 Å². The van der Waals surface area contributed by atoms with Crippen LogP contribution in [0.3, 0.4) is 0 Å². The number of aromatic nitrogens is 1. The lowest BCUT2D eigenvalue weighted by molar-refractivity contribution is -0.137. The summed E-state index contributed by atoms with van der Waals surface area (Å²) in [5, 5.41) is 20.5. The molecule has 5 N–H and O–H groups in total.